The monoisotopic (exact) mass is 583 g/mol. The Morgan fingerprint density at radius 2 is 1.79 bits per heavy atom. The molecule has 0 spiro atoms. The average Bonchev–Trinajstić information content (AvgIpc) is 3.59. The number of aliphatic imine (C=N–C) groups is 2. The molecular formula is C31H29N5O5S. The molecule has 0 radical (unpaired) electrons. The molecule has 3 heterocycles. The van der Waals surface area contributed by atoms with E-state index in [0.717, 1.165) is 5.56 Å². The molecule has 0 saturated carbocycles. The van der Waals surface area contributed by atoms with Crippen LogP contribution in [0, 0.1) is 0 Å². The first-order valence-corrected chi connectivity index (χ1v) is 14.6. The largest absolute Gasteiger partial charge is 0.454 e. The van der Waals surface area contributed by atoms with Crippen molar-refractivity contribution in [3.8, 4) is 11.5 Å². The van der Waals surface area contributed by atoms with Gasteiger partial charge in [-0.3, -0.25) is 19.3 Å². The Balaban J connectivity index is 1.14. The molecule has 0 aliphatic carbocycles. The van der Waals surface area contributed by atoms with E-state index in [4.69, 9.17) is 14.5 Å². The minimum Gasteiger partial charge on any atom is -0.454 e. The highest BCUT2D eigenvalue weighted by molar-refractivity contribution is 8.14. The molecule has 214 valence electrons. The SMILES string of the molecule is CC(C)c1ccc(NC(=O)CSC2=Nc3ccccc3C3=NC(=O)C(CC(=O)NCc4ccc5c(c4)OCO5)N23)cc1. The highest BCUT2D eigenvalue weighted by Gasteiger charge is 2.42. The maximum absolute atomic E-state index is 13.1. The van der Waals surface area contributed by atoms with E-state index in [-0.39, 0.29) is 37.3 Å². The van der Waals surface area contributed by atoms with E-state index in [0.29, 0.717) is 45.4 Å². The maximum atomic E-state index is 13.1. The van der Waals surface area contributed by atoms with Gasteiger partial charge in [0.2, 0.25) is 18.6 Å². The van der Waals surface area contributed by atoms with Crippen LogP contribution in [-0.2, 0) is 20.9 Å². The van der Waals surface area contributed by atoms with E-state index in [1.165, 1.54) is 17.3 Å². The van der Waals surface area contributed by atoms with Gasteiger partial charge in [-0.25, -0.2) is 4.99 Å². The van der Waals surface area contributed by atoms with E-state index in [9.17, 15) is 14.4 Å². The average molecular weight is 584 g/mol. The van der Waals surface area contributed by atoms with Gasteiger partial charge in [0.15, 0.2) is 16.7 Å². The molecule has 0 bridgehead atoms. The number of hydrogen-bond donors (Lipinski definition) is 2. The summed E-state index contributed by atoms with van der Waals surface area (Å²) in [6.07, 6.45) is -0.119. The number of amides is 3. The fourth-order valence-corrected chi connectivity index (χ4v) is 5.73. The van der Waals surface area contributed by atoms with Crippen LogP contribution in [0.2, 0.25) is 0 Å². The number of fused-ring (bicyclic) bond motifs is 4. The van der Waals surface area contributed by atoms with Crippen LogP contribution >= 0.6 is 11.8 Å². The van der Waals surface area contributed by atoms with E-state index < -0.39 is 11.9 Å². The van der Waals surface area contributed by atoms with Gasteiger partial charge in [-0.1, -0.05) is 55.9 Å². The highest BCUT2D eigenvalue weighted by atomic mass is 32.2. The Bertz CT molecular complexity index is 1620. The van der Waals surface area contributed by atoms with Crippen LogP contribution in [0.1, 0.15) is 42.9 Å². The number of amidine groups is 2. The van der Waals surface area contributed by atoms with Crippen LogP contribution in [0.5, 0.6) is 11.5 Å². The number of ether oxygens (including phenoxy) is 2. The predicted octanol–water partition coefficient (Wildman–Crippen LogP) is 4.58. The molecule has 1 unspecified atom stereocenters. The van der Waals surface area contributed by atoms with Crippen molar-refractivity contribution in [1.82, 2.24) is 10.2 Å². The van der Waals surface area contributed by atoms with Crippen molar-refractivity contribution >= 4 is 51.9 Å². The minimum absolute atomic E-state index is 0.0634. The van der Waals surface area contributed by atoms with Crippen molar-refractivity contribution in [2.75, 3.05) is 17.9 Å². The van der Waals surface area contributed by atoms with Gasteiger partial charge in [0.05, 0.1) is 17.9 Å². The van der Waals surface area contributed by atoms with Crippen molar-refractivity contribution in [3.63, 3.8) is 0 Å². The minimum atomic E-state index is -0.872. The lowest BCUT2D eigenvalue weighted by atomic mass is 10.0. The Hall–Kier alpha value is -4.64. The first-order chi connectivity index (χ1) is 20.4. The van der Waals surface area contributed by atoms with Gasteiger partial charge >= 0.3 is 0 Å². The molecule has 10 nitrogen and oxygen atoms in total. The maximum Gasteiger partial charge on any atom is 0.271 e. The summed E-state index contributed by atoms with van der Waals surface area (Å²) in [5, 5.41) is 6.24. The van der Waals surface area contributed by atoms with Crippen molar-refractivity contribution in [1.29, 1.82) is 0 Å². The molecule has 3 aromatic carbocycles. The van der Waals surface area contributed by atoms with E-state index in [2.05, 4.69) is 29.5 Å². The number of para-hydroxylation sites is 1. The number of benzene rings is 3. The van der Waals surface area contributed by atoms with Crippen molar-refractivity contribution in [2.24, 2.45) is 9.98 Å². The molecular weight excluding hydrogens is 554 g/mol. The lowest BCUT2D eigenvalue weighted by molar-refractivity contribution is -0.126. The van der Waals surface area contributed by atoms with Crippen molar-refractivity contribution < 1.29 is 23.9 Å². The Kier molecular flexibility index (Phi) is 7.66. The zero-order valence-corrected chi connectivity index (χ0v) is 23.9. The third-order valence-electron chi connectivity index (χ3n) is 7.11. The van der Waals surface area contributed by atoms with Crippen LogP contribution < -0.4 is 20.1 Å². The zero-order chi connectivity index (χ0) is 29.2. The number of thioether (sulfide) groups is 1. The number of anilines is 1. The lowest BCUT2D eigenvalue weighted by Gasteiger charge is -2.30. The van der Waals surface area contributed by atoms with Gasteiger partial charge in [0.1, 0.15) is 11.9 Å². The molecule has 0 saturated heterocycles. The molecule has 6 rings (SSSR count). The van der Waals surface area contributed by atoms with Crippen LogP contribution in [0.4, 0.5) is 11.4 Å². The van der Waals surface area contributed by atoms with Gasteiger partial charge in [-0.2, -0.15) is 4.99 Å². The van der Waals surface area contributed by atoms with Gasteiger partial charge in [-0.15, -0.1) is 0 Å². The van der Waals surface area contributed by atoms with Gasteiger partial charge < -0.3 is 20.1 Å². The smallest absolute Gasteiger partial charge is 0.271 e. The molecule has 11 heteroatoms. The molecule has 2 N–H and O–H groups in total. The summed E-state index contributed by atoms with van der Waals surface area (Å²) in [5.41, 5.74) is 4.09. The molecule has 0 aromatic heterocycles. The normalized spacial score (nSPS) is 16.5. The molecule has 3 amide bonds. The summed E-state index contributed by atoms with van der Waals surface area (Å²) in [5.74, 6) is 1.25. The van der Waals surface area contributed by atoms with Crippen LogP contribution in [0.15, 0.2) is 76.7 Å². The lowest BCUT2D eigenvalue weighted by Crippen LogP contribution is -2.46. The zero-order valence-electron chi connectivity index (χ0n) is 23.1. The summed E-state index contributed by atoms with van der Waals surface area (Å²) in [4.78, 5) is 49.7. The van der Waals surface area contributed by atoms with E-state index in [1.54, 1.807) is 11.0 Å². The number of carbonyl (C=O) groups excluding carboxylic acids is 3. The predicted molar refractivity (Wildman–Crippen MR) is 161 cm³/mol. The highest BCUT2D eigenvalue weighted by Crippen LogP contribution is 2.35. The summed E-state index contributed by atoms with van der Waals surface area (Å²) < 4.78 is 10.7. The second-order valence-electron chi connectivity index (χ2n) is 10.4. The number of carbonyl (C=O) groups is 3. The quantitative estimate of drug-likeness (QED) is 0.398. The molecule has 42 heavy (non-hydrogen) atoms. The first-order valence-electron chi connectivity index (χ1n) is 13.6. The van der Waals surface area contributed by atoms with Crippen LogP contribution in [0.25, 0.3) is 0 Å². The molecule has 3 aliphatic rings. The summed E-state index contributed by atoms with van der Waals surface area (Å²) in [6, 6.07) is 19.7. The van der Waals surface area contributed by atoms with Crippen LogP contribution in [0.3, 0.4) is 0 Å². The topological polar surface area (TPSA) is 122 Å². The molecule has 3 aliphatic heterocycles. The summed E-state index contributed by atoms with van der Waals surface area (Å²) in [7, 11) is 0. The third kappa shape index (κ3) is 5.73. The van der Waals surface area contributed by atoms with Crippen LogP contribution in [-0.4, -0.2) is 52.2 Å². The van der Waals surface area contributed by atoms with Gasteiger partial charge in [0, 0.05) is 17.8 Å². The third-order valence-corrected chi connectivity index (χ3v) is 8.06. The second-order valence-corrected chi connectivity index (χ2v) is 11.3. The van der Waals surface area contributed by atoms with E-state index in [1.807, 2.05) is 60.7 Å². The van der Waals surface area contributed by atoms with E-state index >= 15 is 0 Å². The Morgan fingerprint density at radius 3 is 2.60 bits per heavy atom. The first kappa shape index (κ1) is 27.5. The number of hydrogen-bond acceptors (Lipinski definition) is 8. The standard InChI is InChI=1S/C31H29N5O5S/c1-18(2)20-8-10-21(11-9-20)33-28(38)16-42-31-34-23-6-4-3-5-22(23)29-35-30(39)24(36(29)31)14-27(37)32-15-19-7-12-25-26(13-19)41-17-40-25/h3-13,18,24H,14-17H2,1-2H3,(H,32,37)(H,33,38). The Labute approximate surface area is 247 Å². The fraction of sp³-hybridized carbons (Fsp3) is 0.258. The molecule has 1 atom stereocenters. The van der Waals surface area contributed by atoms with Gasteiger partial charge in [0.25, 0.3) is 5.91 Å². The molecule has 0 fully saturated rings. The van der Waals surface area contributed by atoms with Crippen molar-refractivity contribution in [3.05, 3.63) is 83.4 Å². The summed E-state index contributed by atoms with van der Waals surface area (Å²) in [6.45, 7) is 4.67. The number of rotatable bonds is 8. The summed E-state index contributed by atoms with van der Waals surface area (Å²) >= 11 is 1.20. The fourth-order valence-electron chi connectivity index (χ4n) is 4.88. The number of nitrogens with zero attached hydrogens (tertiary/aromatic N) is 3. The van der Waals surface area contributed by atoms with Crippen molar-refractivity contribution in [2.45, 2.75) is 38.8 Å². The van der Waals surface area contributed by atoms with Gasteiger partial charge in [-0.05, 0) is 53.4 Å². The Morgan fingerprint density at radius 1 is 1.00 bits per heavy atom. The second kappa shape index (κ2) is 11.7. The number of nitrogens with one attached hydrogen (secondary N) is 2. The molecule has 3 aromatic rings.